The van der Waals surface area contributed by atoms with Gasteiger partial charge in [-0.1, -0.05) is 6.07 Å². The highest BCUT2D eigenvalue weighted by atomic mass is 19.1. The first-order valence-electron chi connectivity index (χ1n) is 6.66. The summed E-state index contributed by atoms with van der Waals surface area (Å²) in [5.74, 6) is -0.235. The van der Waals surface area contributed by atoms with Crippen LogP contribution in [-0.2, 0) is 6.54 Å². The Kier molecular flexibility index (Phi) is 3.44. The van der Waals surface area contributed by atoms with E-state index in [1.807, 2.05) is 12.1 Å². The molecule has 100 valence electrons. The summed E-state index contributed by atoms with van der Waals surface area (Å²) in [7, 11) is 0. The molecular weight excluding hydrogens is 243 g/mol. The molecule has 1 N–H and O–H groups in total. The molecule has 2 aromatic rings. The van der Waals surface area contributed by atoms with Crippen LogP contribution >= 0.6 is 0 Å². The van der Waals surface area contributed by atoms with Crippen molar-refractivity contribution in [1.29, 1.82) is 0 Å². The number of pyridine rings is 1. The topological polar surface area (TPSA) is 36.4 Å². The number of halogens is 1. The van der Waals surface area contributed by atoms with Crippen LogP contribution in [0.5, 0.6) is 0 Å². The highest BCUT2D eigenvalue weighted by Crippen LogP contribution is 2.17. The molecule has 19 heavy (non-hydrogen) atoms. The van der Waals surface area contributed by atoms with Gasteiger partial charge in [-0.05, 0) is 43.7 Å². The molecule has 0 aliphatic carbocycles. The van der Waals surface area contributed by atoms with Crippen molar-refractivity contribution in [2.24, 2.45) is 0 Å². The van der Waals surface area contributed by atoms with E-state index in [0.29, 0.717) is 6.54 Å². The summed E-state index contributed by atoms with van der Waals surface area (Å²) in [5.41, 5.74) is 1.78. The summed E-state index contributed by atoms with van der Waals surface area (Å²) in [6.45, 7) is 2.45. The monoisotopic (exact) mass is 260 g/mol. The van der Waals surface area contributed by atoms with Gasteiger partial charge in [-0.2, -0.15) is 0 Å². The summed E-state index contributed by atoms with van der Waals surface area (Å²) in [6, 6.07) is 8.48. The van der Waals surface area contributed by atoms with Crippen LogP contribution in [0.15, 0.2) is 30.3 Å². The number of aliphatic hydroxyl groups is 1. The van der Waals surface area contributed by atoms with Gasteiger partial charge in [0, 0.05) is 18.5 Å². The molecule has 1 aliphatic rings. The lowest BCUT2D eigenvalue weighted by Gasteiger charge is -2.29. The maximum atomic E-state index is 13.1. The van der Waals surface area contributed by atoms with Gasteiger partial charge in [0.25, 0.3) is 0 Å². The number of aromatic nitrogens is 1. The van der Waals surface area contributed by atoms with Gasteiger partial charge in [0.15, 0.2) is 0 Å². The zero-order chi connectivity index (χ0) is 13.2. The van der Waals surface area contributed by atoms with E-state index in [-0.39, 0.29) is 11.9 Å². The van der Waals surface area contributed by atoms with Gasteiger partial charge < -0.3 is 5.11 Å². The van der Waals surface area contributed by atoms with Crippen LogP contribution in [0.3, 0.4) is 0 Å². The Hall–Kier alpha value is -1.52. The minimum absolute atomic E-state index is 0.219. The highest BCUT2D eigenvalue weighted by molar-refractivity contribution is 5.78. The highest BCUT2D eigenvalue weighted by Gasteiger charge is 2.17. The van der Waals surface area contributed by atoms with Gasteiger partial charge >= 0.3 is 0 Å². The average molecular weight is 260 g/mol. The number of hydrogen-bond donors (Lipinski definition) is 1. The lowest BCUT2D eigenvalue weighted by Crippen LogP contribution is -2.37. The number of hydrogen-bond acceptors (Lipinski definition) is 3. The normalized spacial score (nSPS) is 20.8. The number of piperidine rings is 1. The van der Waals surface area contributed by atoms with Gasteiger partial charge in [0.05, 0.1) is 17.3 Å². The van der Waals surface area contributed by atoms with E-state index in [0.717, 1.165) is 42.5 Å². The number of likely N-dealkylation sites (tertiary alicyclic amines) is 1. The third-order valence-electron chi connectivity index (χ3n) is 3.58. The fourth-order valence-electron chi connectivity index (χ4n) is 2.63. The SMILES string of the molecule is O[C@@H]1CCCN(Cc2ccc3cc(F)ccc3n2)C1. The first kappa shape index (κ1) is 12.5. The van der Waals surface area contributed by atoms with Crippen LogP contribution in [0.4, 0.5) is 4.39 Å². The van der Waals surface area contributed by atoms with Crippen LogP contribution in [-0.4, -0.2) is 34.2 Å². The molecular formula is C15H17FN2O. The van der Waals surface area contributed by atoms with E-state index in [1.54, 1.807) is 6.07 Å². The second-order valence-corrected chi connectivity index (χ2v) is 5.17. The van der Waals surface area contributed by atoms with Gasteiger partial charge in [0.1, 0.15) is 5.82 Å². The fraction of sp³-hybridized carbons (Fsp3) is 0.400. The summed E-state index contributed by atoms with van der Waals surface area (Å²) < 4.78 is 13.1. The largest absolute Gasteiger partial charge is 0.392 e. The molecule has 0 spiro atoms. The fourth-order valence-corrected chi connectivity index (χ4v) is 2.63. The van der Waals surface area contributed by atoms with E-state index in [4.69, 9.17) is 0 Å². The molecule has 0 saturated carbocycles. The molecule has 0 unspecified atom stereocenters. The minimum atomic E-state index is -0.235. The van der Waals surface area contributed by atoms with Crippen LogP contribution < -0.4 is 0 Å². The van der Waals surface area contributed by atoms with Crippen molar-refractivity contribution in [3.05, 3.63) is 41.8 Å². The predicted octanol–water partition coefficient (Wildman–Crippen LogP) is 2.33. The van der Waals surface area contributed by atoms with Crippen LogP contribution in [0, 0.1) is 5.82 Å². The van der Waals surface area contributed by atoms with Gasteiger partial charge in [-0.15, -0.1) is 0 Å². The van der Waals surface area contributed by atoms with Crippen molar-refractivity contribution >= 4 is 10.9 Å². The number of fused-ring (bicyclic) bond motifs is 1. The van der Waals surface area contributed by atoms with Gasteiger partial charge in [-0.3, -0.25) is 9.88 Å². The van der Waals surface area contributed by atoms with Crippen molar-refractivity contribution in [3.8, 4) is 0 Å². The predicted molar refractivity (Wildman–Crippen MR) is 72.2 cm³/mol. The molecule has 1 atom stereocenters. The summed E-state index contributed by atoms with van der Waals surface area (Å²) in [4.78, 5) is 6.76. The van der Waals surface area contributed by atoms with Crippen molar-refractivity contribution < 1.29 is 9.50 Å². The second kappa shape index (κ2) is 5.23. The lowest BCUT2D eigenvalue weighted by atomic mass is 10.1. The molecule has 0 bridgehead atoms. The molecule has 1 aromatic heterocycles. The number of benzene rings is 1. The minimum Gasteiger partial charge on any atom is -0.392 e. The average Bonchev–Trinajstić information content (AvgIpc) is 2.39. The summed E-state index contributed by atoms with van der Waals surface area (Å²) >= 11 is 0. The molecule has 1 saturated heterocycles. The Balaban J connectivity index is 1.79. The Morgan fingerprint density at radius 1 is 1.32 bits per heavy atom. The number of rotatable bonds is 2. The zero-order valence-electron chi connectivity index (χ0n) is 10.7. The standard InChI is InChI=1S/C15H17FN2O/c16-12-4-6-15-11(8-12)3-5-13(17-15)9-18-7-1-2-14(19)10-18/h3-6,8,14,19H,1-2,7,9-10H2/t14-/m1/s1. The van der Waals surface area contributed by atoms with Crippen LogP contribution in [0.2, 0.25) is 0 Å². The van der Waals surface area contributed by atoms with E-state index < -0.39 is 0 Å². The van der Waals surface area contributed by atoms with Crippen molar-refractivity contribution in [2.45, 2.75) is 25.5 Å². The van der Waals surface area contributed by atoms with Crippen LogP contribution in [0.25, 0.3) is 10.9 Å². The Morgan fingerprint density at radius 3 is 3.05 bits per heavy atom. The van der Waals surface area contributed by atoms with Crippen molar-refractivity contribution in [1.82, 2.24) is 9.88 Å². The molecule has 1 fully saturated rings. The van der Waals surface area contributed by atoms with Crippen molar-refractivity contribution in [3.63, 3.8) is 0 Å². The third kappa shape index (κ3) is 2.91. The first-order chi connectivity index (χ1) is 9.20. The number of β-amino-alcohol motifs (C(OH)–C–C–N with tert-alkyl or cyclic N) is 1. The molecule has 1 aromatic carbocycles. The Bertz CT molecular complexity index is 587. The zero-order valence-corrected chi connectivity index (χ0v) is 10.7. The third-order valence-corrected chi connectivity index (χ3v) is 3.58. The Labute approximate surface area is 111 Å². The summed E-state index contributed by atoms with van der Waals surface area (Å²) in [5, 5.41) is 10.5. The van der Waals surface area contributed by atoms with E-state index >= 15 is 0 Å². The Morgan fingerprint density at radius 2 is 2.21 bits per heavy atom. The lowest BCUT2D eigenvalue weighted by molar-refractivity contribution is 0.0662. The summed E-state index contributed by atoms with van der Waals surface area (Å²) in [6.07, 6.45) is 1.70. The quantitative estimate of drug-likeness (QED) is 0.900. The molecule has 0 amide bonds. The molecule has 3 rings (SSSR count). The maximum Gasteiger partial charge on any atom is 0.123 e. The van der Waals surface area contributed by atoms with Crippen molar-refractivity contribution in [2.75, 3.05) is 13.1 Å². The van der Waals surface area contributed by atoms with Gasteiger partial charge in [0.2, 0.25) is 0 Å². The number of aliphatic hydroxyl groups excluding tert-OH is 1. The van der Waals surface area contributed by atoms with Gasteiger partial charge in [-0.25, -0.2) is 4.39 Å². The molecule has 3 nitrogen and oxygen atoms in total. The molecule has 1 aliphatic heterocycles. The first-order valence-corrected chi connectivity index (χ1v) is 6.66. The van der Waals surface area contributed by atoms with Crippen LogP contribution in [0.1, 0.15) is 18.5 Å². The van der Waals surface area contributed by atoms with E-state index in [2.05, 4.69) is 9.88 Å². The maximum absolute atomic E-state index is 13.1. The molecule has 0 radical (unpaired) electrons. The molecule has 4 heteroatoms. The second-order valence-electron chi connectivity index (χ2n) is 5.17. The number of nitrogens with zero attached hydrogens (tertiary/aromatic N) is 2. The van der Waals surface area contributed by atoms with E-state index in [1.165, 1.54) is 12.1 Å². The smallest absolute Gasteiger partial charge is 0.123 e. The molecule has 2 heterocycles. The van der Waals surface area contributed by atoms with E-state index in [9.17, 15) is 9.50 Å².